The smallest absolute Gasteiger partial charge is 0.247 e. The van der Waals surface area contributed by atoms with Crippen molar-refractivity contribution >= 4 is 23.1 Å². The van der Waals surface area contributed by atoms with E-state index in [4.69, 9.17) is 10.5 Å². The van der Waals surface area contributed by atoms with Gasteiger partial charge in [0.1, 0.15) is 22.8 Å². The summed E-state index contributed by atoms with van der Waals surface area (Å²) >= 11 is 0. The minimum absolute atomic E-state index is 0.0517. The molecule has 2 aromatic rings. The Labute approximate surface area is 154 Å². The molecule has 1 atom stereocenters. The molecule has 5 rings (SSSR count). The Balaban J connectivity index is 1.94. The lowest BCUT2D eigenvalue weighted by molar-refractivity contribution is -0.120. The zero-order chi connectivity index (χ0) is 18.9. The van der Waals surface area contributed by atoms with Crippen LogP contribution < -0.4 is 10.6 Å². The Morgan fingerprint density at radius 3 is 2.48 bits per heavy atom. The Morgan fingerprint density at radius 1 is 1.07 bits per heavy atom. The Bertz CT molecular complexity index is 1190. The molecule has 2 aliphatic heterocycles. The molecule has 0 saturated heterocycles. The van der Waals surface area contributed by atoms with Gasteiger partial charge in [-0.05, 0) is 6.07 Å². The maximum atomic E-state index is 13.5. The summed E-state index contributed by atoms with van der Waals surface area (Å²) in [5, 5.41) is 9.87. The summed E-state index contributed by atoms with van der Waals surface area (Å²) in [6.45, 7) is 0. The van der Waals surface area contributed by atoms with Gasteiger partial charge in [-0.2, -0.15) is 5.26 Å². The predicted molar refractivity (Wildman–Crippen MR) is 97.1 cm³/mol. The molecule has 130 valence electrons. The van der Waals surface area contributed by atoms with Crippen molar-refractivity contribution in [3.05, 3.63) is 82.3 Å². The van der Waals surface area contributed by atoms with Gasteiger partial charge in [0.15, 0.2) is 5.78 Å². The first-order valence-electron chi connectivity index (χ1n) is 8.38. The molecule has 2 N–H and O–H groups in total. The predicted octanol–water partition coefficient (Wildman–Crippen LogP) is 2.23. The molecule has 6 nitrogen and oxygen atoms in total. The first-order chi connectivity index (χ1) is 13.0. The maximum Gasteiger partial charge on any atom is 0.247 e. The van der Waals surface area contributed by atoms with Gasteiger partial charge in [-0.25, -0.2) is 0 Å². The summed E-state index contributed by atoms with van der Waals surface area (Å²) in [6, 6.07) is 16.1. The first kappa shape index (κ1) is 15.4. The number of nitrogens with zero attached hydrogens (tertiary/aromatic N) is 2. The molecular weight excluding hydrogens is 342 g/mol. The van der Waals surface area contributed by atoms with Crippen LogP contribution >= 0.6 is 0 Å². The molecule has 3 aliphatic rings. The summed E-state index contributed by atoms with van der Waals surface area (Å²) in [4.78, 5) is 28.3. The molecule has 6 heteroatoms. The fourth-order valence-corrected chi connectivity index (χ4v) is 4.35. The highest BCUT2D eigenvalue weighted by Crippen LogP contribution is 2.57. The van der Waals surface area contributed by atoms with Crippen molar-refractivity contribution in [1.29, 1.82) is 5.26 Å². The van der Waals surface area contributed by atoms with Crippen LogP contribution in [0.2, 0.25) is 0 Å². The lowest BCUT2D eigenvalue weighted by Crippen LogP contribution is -2.46. The highest BCUT2D eigenvalue weighted by Gasteiger charge is 2.62. The molecular formula is C21H13N3O3. The third-order valence-electron chi connectivity index (χ3n) is 5.49. The summed E-state index contributed by atoms with van der Waals surface area (Å²) in [5.74, 6) is -0.607. The third-order valence-corrected chi connectivity index (χ3v) is 5.49. The second-order valence-corrected chi connectivity index (χ2v) is 6.66. The molecule has 2 heterocycles. The van der Waals surface area contributed by atoms with E-state index in [1.165, 1.54) is 4.90 Å². The highest BCUT2D eigenvalue weighted by atomic mass is 16.5. The van der Waals surface area contributed by atoms with Crippen LogP contribution in [0.1, 0.15) is 21.5 Å². The maximum absolute atomic E-state index is 13.5. The summed E-state index contributed by atoms with van der Waals surface area (Å²) in [7, 11) is 1.63. The number of amides is 1. The van der Waals surface area contributed by atoms with Crippen LogP contribution in [0.4, 0.5) is 5.69 Å². The summed E-state index contributed by atoms with van der Waals surface area (Å²) in [5.41, 5.74) is 6.83. The van der Waals surface area contributed by atoms with Crippen molar-refractivity contribution in [2.24, 2.45) is 5.73 Å². The van der Waals surface area contributed by atoms with Crippen molar-refractivity contribution in [2.75, 3.05) is 11.9 Å². The van der Waals surface area contributed by atoms with Gasteiger partial charge in [-0.15, -0.1) is 0 Å². The van der Waals surface area contributed by atoms with E-state index in [1.54, 1.807) is 55.6 Å². The van der Waals surface area contributed by atoms with Crippen LogP contribution in [0.3, 0.4) is 0 Å². The number of carbonyl (C=O) groups is 2. The van der Waals surface area contributed by atoms with Crippen LogP contribution in [-0.2, 0) is 14.9 Å². The van der Waals surface area contributed by atoms with Crippen molar-refractivity contribution in [2.45, 2.75) is 5.41 Å². The van der Waals surface area contributed by atoms with E-state index in [9.17, 15) is 14.9 Å². The lowest BCUT2D eigenvalue weighted by atomic mass is 9.67. The number of nitrogens with two attached hydrogens (primary N) is 1. The van der Waals surface area contributed by atoms with Gasteiger partial charge in [-0.1, -0.05) is 42.5 Å². The average Bonchev–Trinajstić information content (AvgIpc) is 3.09. The van der Waals surface area contributed by atoms with Gasteiger partial charge < -0.3 is 15.4 Å². The van der Waals surface area contributed by atoms with Gasteiger partial charge in [0, 0.05) is 29.4 Å². The van der Waals surface area contributed by atoms with Crippen molar-refractivity contribution in [1.82, 2.24) is 0 Å². The highest BCUT2D eigenvalue weighted by molar-refractivity contribution is 6.29. The molecule has 1 amide bonds. The van der Waals surface area contributed by atoms with Gasteiger partial charge in [0.05, 0.1) is 5.57 Å². The number of para-hydroxylation sites is 1. The van der Waals surface area contributed by atoms with E-state index >= 15 is 0 Å². The minimum Gasteiger partial charge on any atom is -0.439 e. The van der Waals surface area contributed by atoms with Crippen LogP contribution in [0.5, 0.6) is 0 Å². The van der Waals surface area contributed by atoms with Crippen LogP contribution in [0.15, 0.2) is 65.6 Å². The Morgan fingerprint density at radius 2 is 1.74 bits per heavy atom. The number of carbonyl (C=O) groups excluding carboxylic acids is 2. The number of benzene rings is 2. The van der Waals surface area contributed by atoms with Crippen molar-refractivity contribution in [3.63, 3.8) is 0 Å². The zero-order valence-corrected chi connectivity index (χ0v) is 14.3. The number of fused-ring (bicyclic) bond motifs is 5. The molecule has 1 unspecified atom stereocenters. The number of anilines is 1. The topological polar surface area (TPSA) is 96.4 Å². The van der Waals surface area contributed by atoms with Crippen molar-refractivity contribution in [3.8, 4) is 6.07 Å². The molecule has 0 fully saturated rings. The molecule has 0 bridgehead atoms. The van der Waals surface area contributed by atoms with E-state index < -0.39 is 5.41 Å². The van der Waals surface area contributed by atoms with Crippen LogP contribution in [-0.4, -0.2) is 18.7 Å². The van der Waals surface area contributed by atoms with Crippen LogP contribution in [0.25, 0.3) is 5.76 Å². The molecule has 2 aromatic carbocycles. The summed E-state index contributed by atoms with van der Waals surface area (Å²) in [6.07, 6.45) is 0. The molecule has 0 aromatic heterocycles. The Hall–Kier alpha value is -3.85. The Kier molecular flexibility index (Phi) is 2.77. The van der Waals surface area contributed by atoms with Gasteiger partial charge in [0.25, 0.3) is 0 Å². The quantitative estimate of drug-likeness (QED) is 0.782. The number of nitriles is 1. The second kappa shape index (κ2) is 4.86. The fourth-order valence-electron chi connectivity index (χ4n) is 4.35. The third kappa shape index (κ3) is 1.55. The largest absolute Gasteiger partial charge is 0.439 e. The fraction of sp³-hybridized carbons (Fsp3) is 0.0952. The number of hydrogen-bond donors (Lipinski definition) is 1. The van der Waals surface area contributed by atoms with Crippen molar-refractivity contribution < 1.29 is 14.3 Å². The van der Waals surface area contributed by atoms with E-state index in [1.807, 2.05) is 6.07 Å². The van der Waals surface area contributed by atoms with E-state index in [2.05, 4.69) is 0 Å². The average molecular weight is 355 g/mol. The molecule has 1 spiro atoms. The van der Waals surface area contributed by atoms with Gasteiger partial charge in [-0.3, -0.25) is 9.59 Å². The molecule has 0 saturated carbocycles. The molecule has 0 radical (unpaired) electrons. The monoisotopic (exact) mass is 355 g/mol. The van der Waals surface area contributed by atoms with Crippen LogP contribution in [0, 0.1) is 11.3 Å². The van der Waals surface area contributed by atoms with E-state index in [-0.39, 0.29) is 34.5 Å². The molecule has 1 aliphatic carbocycles. The number of Topliss-reactive ketones (excluding diaryl/α,β-unsaturated/α-hetero) is 1. The first-order valence-corrected chi connectivity index (χ1v) is 8.38. The SMILES string of the molecule is CN1C(=O)C2(C(C#N)=C(N)OC3=C2C(=O)c2ccccc23)c2ccccc21. The van der Waals surface area contributed by atoms with Gasteiger partial charge >= 0.3 is 0 Å². The van der Waals surface area contributed by atoms with E-state index in [0.717, 1.165) is 0 Å². The second-order valence-electron chi connectivity index (χ2n) is 6.66. The number of rotatable bonds is 0. The normalized spacial score (nSPS) is 22.6. The van der Waals surface area contributed by atoms with E-state index in [0.29, 0.717) is 22.4 Å². The standard InChI is InChI=1S/C21H13N3O3/c1-24-15-9-5-4-8-13(15)21(20(24)26)14(10-22)19(23)27-18-12-7-3-2-6-11(12)17(25)16(18)21/h2-9H,23H2,1H3. The number of likely N-dealkylation sites (N-methyl/N-ethyl adjacent to an activating group) is 1. The lowest BCUT2D eigenvalue weighted by Gasteiger charge is -2.33. The zero-order valence-electron chi connectivity index (χ0n) is 14.3. The minimum atomic E-state index is -1.59. The number of ketones is 1. The van der Waals surface area contributed by atoms with Gasteiger partial charge in [0.2, 0.25) is 11.8 Å². The number of ether oxygens (including phenoxy) is 1. The summed E-state index contributed by atoms with van der Waals surface area (Å²) < 4.78 is 5.72. The number of hydrogen-bond acceptors (Lipinski definition) is 5. The molecule has 27 heavy (non-hydrogen) atoms.